The number of hydrogen-bond donors (Lipinski definition) is 0. The van der Waals surface area contributed by atoms with Crippen LogP contribution in [0, 0.1) is 0 Å². The van der Waals surface area contributed by atoms with Gasteiger partial charge in [-0.3, -0.25) is 0 Å². The lowest BCUT2D eigenvalue weighted by molar-refractivity contribution is 1.09. The maximum absolute atomic E-state index is 4.93. The fourth-order valence-electron chi connectivity index (χ4n) is 4.41. The first kappa shape index (κ1) is 17.7. The van der Waals surface area contributed by atoms with Crippen molar-refractivity contribution in [3.63, 3.8) is 0 Å². The third kappa shape index (κ3) is 3.01. The minimum Gasteiger partial charge on any atom is -0.234 e. The molecule has 6 aromatic rings. The van der Waals surface area contributed by atoms with Gasteiger partial charge in [0, 0.05) is 5.56 Å². The summed E-state index contributed by atoms with van der Waals surface area (Å²) in [5, 5.41) is 14.6. The Kier molecular flexibility index (Phi) is 4.14. The molecule has 0 saturated carbocycles. The number of nitrogens with zero attached hydrogens (tertiary/aromatic N) is 2. The smallest absolute Gasteiger partial charge is 0.0652 e. The molecule has 0 aromatic heterocycles. The van der Waals surface area contributed by atoms with Crippen LogP contribution >= 0.6 is 0 Å². The molecule has 2 nitrogen and oxygen atoms in total. The van der Waals surface area contributed by atoms with E-state index in [1.54, 1.807) is 0 Å². The molecule has 0 heterocycles. The van der Waals surface area contributed by atoms with E-state index in [1.165, 1.54) is 32.3 Å². The van der Waals surface area contributed by atoms with E-state index in [1.807, 2.05) is 47.6 Å². The van der Waals surface area contributed by atoms with Crippen LogP contribution in [0.1, 0.15) is 5.56 Å². The highest BCUT2D eigenvalue weighted by Gasteiger charge is 2.11. The summed E-state index contributed by atoms with van der Waals surface area (Å²) in [7, 11) is 0. The van der Waals surface area contributed by atoms with Crippen LogP contribution in [-0.4, -0.2) is 6.21 Å². The Balaban J connectivity index is 1.53. The lowest BCUT2D eigenvalue weighted by Crippen LogP contribution is -2.09. The molecular formula is C29H20N2. The van der Waals surface area contributed by atoms with Crippen LogP contribution in [0.4, 0.5) is 11.4 Å². The summed E-state index contributed by atoms with van der Waals surface area (Å²) in [6.45, 7) is 0. The molecule has 146 valence electrons. The average Bonchev–Trinajstić information content (AvgIpc) is 2.84. The minimum atomic E-state index is 1.03. The Labute approximate surface area is 181 Å². The van der Waals surface area contributed by atoms with Crippen molar-refractivity contribution in [3.8, 4) is 0 Å². The second-order valence-corrected chi connectivity index (χ2v) is 7.74. The van der Waals surface area contributed by atoms with Gasteiger partial charge in [0.05, 0.1) is 17.6 Å². The van der Waals surface area contributed by atoms with Crippen molar-refractivity contribution in [3.05, 3.63) is 121 Å². The Morgan fingerprint density at radius 3 is 1.68 bits per heavy atom. The highest BCUT2D eigenvalue weighted by molar-refractivity contribution is 6.25. The molecule has 0 fully saturated rings. The van der Waals surface area contributed by atoms with E-state index in [9.17, 15) is 0 Å². The number of anilines is 2. The van der Waals surface area contributed by atoms with E-state index in [0.29, 0.717) is 0 Å². The molecule has 0 radical (unpaired) electrons. The molecule has 0 aliphatic heterocycles. The normalized spacial score (nSPS) is 11.7. The van der Waals surface area contributed by atoms with Gasteiger partial charge in [-0.05, 0) is 56.6 Å². The van der Waals surface area contributed by atoms with E-state index in [2.05, 4.69) is 78.9 Å². The van der Waals surface area contributed by atoms with Crippen LogP contribution in [0.15, 0.2) is 120 Å². The third-order valence-corrected chi connectivity index (χ3v) is 5.88. The van der Waals surface area contributed by atoms with Crippen molar-refractivity contribution in [2.75, 3.05) is 5.01 Å². The van der Waals surface area contributed by atoms with Gasteiger partial charge in [-0.2, -0.15) is 5.10 Å². The standard InChI is InChI=1S/C29H20N2/c1-3-10-25(11-4-1)31(26-12-5-2-6-13-26)30-20-24-17-16-23-15-14-21-8-7-9-22-18-19-27(24)29(23)28(21)22/h1-20H/b30-20-. The monoisotopic (exact) mass is 396 g/mol. The van der Waals surface area contributed by atoms with Crippen LogP contribution in [0.2, 0.25) is 0 Å². The molecular weight excluding hydrogens is 376 g/mol. The highest BCUT2D eigenvalue weighted by atomic mass is 15.5. The van der Waals surface area contributed by atoms with Crippen LogP contribution in [-0.2, 0) is 0 Å². The van der Waals surface area contributed by atoms with Gasteiger partial charge in [-0.25, -0.2) is 5.01 Å². The van der Waals surface area contributed by atoms with Crippen LogP contribution in [0.5, 0.6) is 0 Å². The van der Waals surface area contributed by atoms with Crippen molar-refractivity contribution in [2.24, 2.45) is 5.10 Å². The summed E-state index contributed by atoms with van der Waals surface area (Å²) in [6.07, 6.45) is 1.98. The van der Waals surface area contributed by atoms with E-state index in [0.717, 1.165) is 16.9 Å². The van der Waals surface area contributed by atoms with Crippen LogP contribution in [0.3, 0.4) is 0 Å². The summed E-state index contributed by atoms with van der Waals surface area (Å²) in [6, 6.07) is 40.3. The zero-order valence-electron chi connectivity index (χ0n) is 16.9. The maximum atomic E-state index is 4.93. The molecule has 0 N–H and O–H groups in total. The predicted octanol–water partition coefficient (Wildman–Crippen LogP) is 7.76. The first-order valence-corrected chi connectivity index (χ1v) is 10.5. The fraction of sp³-hybridized carbons (Fsp3) is 0. The van der Waals surface area contributed by atoms with Gasteiger partial charge >= 0.3 is 0 Å². The first-order chi connectivity index (χ1) is 15.4. The van der Waals surface area contributed by atoms with Crippen molar-refractivity contribution >= 4 is 49.9 Å². The largest absolute Gasteiger partial charge is 0.234 e. The second kappa shape index (κ2) is 7.26. The van der Waals surface area contributed by atoms with Crippen molar-refractivity contribution < 1.29 is 0 Å². The third-order valence-electron chi connectivity index (χ3n) is 5.88. The number of hydrazone groups is 1. The van der Waals surface area contributed by atoms with Crippen LogP contribution in [0.25, 0.3) is 32.3 Å². The Morgan fingerprint density at radius 2 is 1.03 bits per heavy atom. The Bertz CT molecular complexity index is 1460. The van der Waals surface area contributed by atoms with Gasteiger partial charge < -0.3 is 0 Å². The first-order valence-electron chi connectivity index (χ1n) is 10.5. The molecule has 2 heteroatoms. The molecule has 0 aliphatic rings. The number of para-hydroxylation sites is 2. The topological polar surface area (TPSA) is 15.6 Å². The molecule has 0 atom stereocenters. The summed E-state index contributed by atoms with van der Waals surface area (Å²) >= 11 is 0. The number of rotatable bonds is 4. The molecule has 0 aliphatic carbocycles. The summed E-state index contributed by atoms with van der Waals surface area (Å²) in [4.78, 5) is 0. The quantitative estimate of drug-likeness (QED) is 0.169. The van der Waals surface area contributed by atoms with Crippen molar-refractivity contribution in [2.45, 2.75) is 0 Å². The number of benzene rings is 6. The van der Waals surface area contributed by atoms with Crippen LogP contribution < -0.4 is 5.01 Å². The summed E-state index contributed by atoms with van der Waals surface area (Å²) in [5.41, 5.74) is 3.17. The van der Waals surface area contributed by atoms with Gasteiger partial charge in [0.25, 0.3) is 0 Å². The molecule has 31 heavy (non-hydrogen) atoms. The number of hydrogen-bond acceptors (Lipinski definition) is 2. The Hall–Kier alpha value is -4.17. The van der Waals surface area contributed by atoms with Gasteiger partial charge in [0.15, 0.2) is 0 Å². The van der Waals surface area contributed by atoms with Gasteiger partial charge in [-0.1, -0.05) is 91.0 Å². The molecule has 6 rings (SSSR count). The van der Waals surface area contributed by atoms with E-state index in [4.69, 9.17) is 5.10 Å². The molecule has 0 bridgehead atoms. The minimum absolute atomic E-state index is 1.03. The fourth-order valence-corrected chi connectivity index (χ4v) is 4.41. The molecule has 0 saturated heterocycles. The van der Waals surface area contributed by atoms with Gasteiger partial charge in [-0.15, -0.1) is 0 Å². The van der Waals surface area contributed by atoms with E-state index >= 15 is 0 Å². The van der Waals surface area contributed by atoms with E-state index in [-0.39, 0.29) is 0 Å². The van der Waals surface area contributed by atoms with Crippen molar-refractivity contribution in [1.29, 1.82) is 0 Å². The molecule has 0 unspecified atom stereocenters. The maximum Gasteiger partial charge on any atom is 0.0652 e. The van der Waals surface area contributed by atoms with Gasteiger partial charge in [0.1, 0.15) is 0 Å². The zero-order chi connectivity index (χ0) is 20.6. The Morgan fingerprint density at radius 1 is 0.484 bits per heavy atom. The summed E-state index contributed by atoms with van der Waals surface area (Å²) in [5.74, 6) is 0. The molecule has 6 aromatic carbocycles. The molecule has 0 amide bonds. The molecule has 0 spiro atoms. The SMILES string of the molecule is C(=N/N(c1ccccc1)c1ccccc1)/c1ccc2ccc3cccc4ccc1c2c34. The second-order valence-electron chi connectivity index (χ2n) is 7.74. The lowest BCUT2D eigenvalue weighted by Gasteiger charge is -2.19. The van der Waals surface area contributed by atoms with Crippen molar-refractivity contribution in [1.82, 2.24) is 0 Å². The highest BCUT2D eigenvalue weighted by Crippen LogP contribution is 2.35. The van der Waals surface area contributed by atoms with E-state index < -0.39 is 0 Å². The predicted molar refractivity (Wildman–Crippen MR) is 133 cm³/mol. The van der Waals surface area contributed by atoms with Gasteiger partial charge in [0.2, 0.25) is 0 Å². The summed E-state index contributed by atoms with van der Waals surface area (Å²) < 4.78 is 0. The zero-order valence-corrected chi connectivity index (χ0v) is 16.9. The lowest BCUT2D eigenvalue weighted by atomic mass is 9.92. The average molecular weight is 396 g/mol.